The van der Waals surface area contributed by atoms with E-state index >= 15 is 0 Å². The van der Waals surface area contributed by atoms with Gasteiger partial charge in [-0.3, -0.25) is 4.79 Å². The molecule has 0 N–H and O–H groups in total. The molecule has 0 radical (unpaired) electrons. The maximum Gasteiger partial charge on any atom is 0.218 e. The van der Waals surface area contributed by atoms with Crippen LogP contribution in [0.4, 0.5) is 0 Å². The van der Waals surface area contributed by atoms with Gasteiger partial charge in [0.15, 0.2) is 5.78 Å². The lowest BCUT2D eigenvalue weighted by atomic mass is 9.86. The zero-order chi connectivity index (χ0) is 15.2. The van der Waals surface area contributed by atoms with Crippen molar-refractivity contribution >= 4 is 5.78 Å². The standard InChI is InChI=1S/C17H26O3/c1-6-19-16(20-7-2)15(18)12-13-8-10-14(11-9-13)17(3,4)5/h8-11,16H,6-7,12H2,1-5H3. The van der Waals surface area contributed by atoms with E-state index in [0.29, 0.717) is 19.6 Å². The first-order valence-electron chi connectivity index (χ1n) is 7.23. The molecule has 0 aromatic heterocycles. The van der Waals surface area contributed by atoms with E-state index in [1.165, 1.54) is 5.56 Å². The Kier molecular flexibility index (Phi) is 6.37. The normalized spacial score (nSPS) is 11.9. The first kappa shape index (κ1) is 16.9. The number of rotatable bonds is 7. The Bertz CT molecular complexity index is 409. The van der Waals surface area contributed by atoms with Gasteiger partial charge in [-0.2, -0.15) is 0 Å². The summed E-state index contributed by atoms with van der Waals surface area (Å²) in [6.07, 6.45) is -0.401. The number of carbonyl (C=O) groups excluding carboxylic acids is 1. The van der Waals surface area contributed by atoms with Gasteiger partial charge in [0.2, 0.25) is 6.29 Å². The summed E-state index contributed by atoms with van der Waals surface area (Å²) in [6.45, 7) is 11.2. The third-order valence-corrected chi connectivity index (χ3v) is 3.10. The van der Waals surface area contributed by atoms with E-state index < -0.39 is 6.29 Å². The molecule has 1 aromatic carbocycles. The van der Waals surface area contributed by atoms with Crippen LogP contribution in [-0.2, 0) is 26.1 Å². The lowest BCUT2D eigenvalue weighted by Gasteiger charge is -2.19. The van der Waals surface area contributed by atoms with E-state index in [9.17, 15) is 4.79 Å². The van der Waals surface area contributed by atoms with Crippen molar-refractivity contribution in [3.63, 3.8) is 0 Å². The first-order chi connectivity index (χ1) is 9.38. The fourth-order valence-corrected chi connectivity index (χ4v) is 1.94. The molecule has 0 saturated carbocycles. The van der Waals surface area contributed by atoms with Gasteiger partial charge in [-0.1, -0.05) is 45.0 Å². The minimum absolute atomic E-state index is 0.0304. The molecule has 0 saturated heterocycles. The van der Waals surface area contributed by atoms with Crippen molar-refractivity contribution < 1.29 is 14.3 Å². The highest BCUT2D eigenvalue weighted by Gasteiger charge is 2.19. The highest BCUT2D eigenvalue weighted by molar-refractivity contribution is 5.84. The summed E-state index contributed by atoms with van der Waals surface area (Å²) in [5.41, 5.74) is 2.38. The zero-order valence-electron chi connectivity index (χ0n) is 13.2. The SMILES string of the molecule is CCOC(OCC)C(=O)Cc1ccc(C(C)(C)C)cc1. The van der Waals surface area contributed by atoms with Gasteiger partial charge < -0.3 is 9.47 Å². The monoisotopic (exact) mass is 278 g/mol. The van der Waals surface area contributed by atoms with Crippen molar-refractivity contribution in [1.82, 2.24) is 0 Å². The number of Topliss-reactive ketones (excluding diaryl/α,β-unsaturated/α-hetero) is 1. The van der Waals surface area contributed by atoms with Crippen LogP contribution in [-0.4, -0.2) is 25.3 Å². The number of hydrogen-bond acceptors (Lipinski definition) is 3. The van der Waals surface area contributed by atoms with E-state index in [2.05, 4.69) is 32.9 Å². The van der Waals surface area contributed by atoms with Crippen LogP contribution in [0.1, 0.15) is 45.7 Å². The molecule has 112 valence electrons. The summed E-state index contributed by atoms with van der Waals surface area (Å²) in [5, 5.41) is 0. The van der Waals surface area contributed by atoms with Gasteiger partial charge in [0.25, 0.3) is 0 Å². The predicted octanol–water partition coefficient (Wildman–Crippen LogP) is 3.49. The second-order valence-corrected chi connectivity index (χ2v) is 5.83. The molecule has 20 heavy (non-hydrogen) atoms. The molecule has 3 nitrogen and oxygen atoms in total. The third-order valence-electron chi connectivity index (χ3n) is 3.10. The van der Waals surface area contributed by atoms with Crippen LogP contribution in [0.3, 0.4) is 0 Å². The van der Waals surface area contributed by atoms with Gasteiger partial charge >= 0.3 is 0 Å². The molecule has 0 atom stereocenters. The quantitative estimate of drug-likeness (QED) is 0.716. The molecule has 0 aliphatic rings. The van der Waals surface area contributed by atoms with Gasteiger partial charge in [0.1, 0.15) is 0 Å². The zero-order valence-corrected chi connectivity index (χ0v) is 13.2. The highest BCUT2D eigenvalue weighted by atomic mass is 16.7. The highest BCUT2D eigenvalue weighted by Crippen LogP contribution is 2.22. The Balaban J connectivity index is 2.70. The van der Waals surface area contributed by atoms with Crippen molar-refractivity contribution in [1.29, 1.82) is 0 Å². The van der Waals surface area contributed by atoms with Crippen LogP contribution in [0, 0.1) is 0 Å². The molecule has 0 spiro atoms. The molecular formula is C17H26O3. The number of ether oxygens (including phenoxy) is 2. The number of benzene rings is 1. The Labute approximate surface area is 122 Å². The van der Waals surface area contributed by atoms with Crippen molar-refractivity contribution in [2.45, 2.75) is 52.7 Å². The summed E-state index contributed by atoms with van der Waals surface area (Å²) in [4.78, 5) is 12.1. The molecule has 0 aliphatic heterocycles. The second kappa shape index (κ2) is 7.55. The van der Waals surface area contributed by atoms with Gasteiger partial charge in [0.05, 0.1) is 0 Å². The Morgan fingerprint density at radius 2 is 1.55 bits per heavy atom. The van der Waals surface area contributed by atoms with Crippen LogP contribution >= 0.6 is 0 Å². The molecule has 3 heteroatoms. The minimum atomic E-state index is -0.743. The van der Waals surface area contributed by atoms with Crippen LogP contribution < -0.4 is 0 Å². The summed E-state index contributed by atoms with van der Waals surface area (Å²) < 4.78 is 10.6. The average Bonchev–Trinajstić information content (AvgIpc) is 2.38. The molecule has 0 bridgehead atoms. The van der Waals surface area contributed by atoms with Crippen LogP contribution in [0.25, 0.3) is 0 Å². The van der Waals surface area contributed by atoms with Crippen LogP contribution in [0.2, 0.25) is 0 Å². The average molecular weight is 278 g/mol. The third kappa shape index (κ3) is 5.06. The molecule has 1 rings (SSSR count). The van der Waals surface area contributed by atoms with Crippen molar-refractivity contribution in [2.24, 2.45) is 0 Å². The fourth-order valence-electron chi connectivity index (χ4n) is 1.94. The number of carbonyl (C=O) groups is 1. The van der Waals surface area contributed by atoms with E-state index in [4.69, 9.17) is 9.47 Å². The Morgan fingerprint density at radius 3 is 1.95 bits per heavy atom. The van der Waals surface area contributed by atoms with Crippen LogP contribution in [0.15, 0.2) is 24.3 Å². The molecular weight excluding hydrogens is 252 g/mol. The molecule has 0 amide bonds. The van der Waals surface area contributed by atoms with E-state index in [1.807, 2.05) is 26.0 Å². The largest absolute Gasteiger partial charge is 0.346 e. The molecule has 1 aromatic rings. The van der Waals surface area contributed by atoms with E-state index in [-0.39, 0.29) is 11.2 Å². The van der Waals surface area contributed by atoms with Gasteiger partial charge in [-0.25, -0.2) is 0 Å². The number of ketones is 1. The topological polar surface area (TPSA) is 35.5 Å². The minimum Gasteiger partial charge on any atom is -0.346 e. The molecule has 0 heterocycles. The predicted molar refractivity (Wildman–Crippen MR) is 80.9 cm³/mol. The van der Waals surface area contributed by atoms with E-state index in [0.717, 1.165) is 5.56 Å². The van der Waals surface area contributed by atoms with Gasteiger partial charge in [-0.05, 0) is 30.4 Å². The van der Waals surface area contributed by atoms with Gasteiger partial charge in [0, 0.05) is 19.6 Å². The molecule has 0 aliphatic carbocycles. The van der Waals surface area contributed by atoms with Crippen molar-refractivity contribution in [3.8, 4) is 0 Å². The van der Waals surface area contributed by atoms with Gasteiger partial charge in [-0.15, -0.1) is 0 Å². The summed E-state index contributed by atoms with van der Waals surface area (Å²) >= 11 is 0. The van der Waals surface area contributed by atoms with E-state index in [1.54, 1.807) is 0 Å². The van der Waals surface area contributed by atoms with Crippen LogP contribution in [0.5, 0.6) is 0 Å². The Morgan fingerprint density at radius 1 is 1.05 bits per heavy atom. The summed E-state index contributed by atoms with van der Waals surface area (Å²) in [6, 6.07) is 8.18. The van der Waals surface area contributed by atoms with Crippen molar-refractivity contribution in [3.05, 3.63) is 35.4 Å². The smallest absolute Gasteiger partial charge is 0.218 e. The maximum atomic E-state index is 12.1. The summed E-state index contributed by atoms with van der Waals surface area (Å²) in [7, 11) is 0. The summed E-state index contributed by atoms with van der Waals surface area (Å²) in [5.74, 6) is -0.0304. The number of hydrogen-bond donors (Lipinski definition) is 0. The lowest BCUT2D eigenvalue weighted by Crippen LogP contribution is -2.29. The second-order valence-electron chi connectivity index (χ2n) is 5.83. The maximum absolute atomic E-state index is 12.1. The molecule has 0 unspecified atom stereocenters. The first-order valence-corrected chi connectivity index (χ1v) is 7.23. The van der Waals surface area contributed by atoms with Crippen molar-refractivity contribution in [2.75, 3.05) is 13.2 Å². The fraction of sp³-hybridized carbons (Fsp3) is 0.588. The Hall–Kier alpha value is -1.19. The lowest BCUT2D eigenvalue weighted by molar-refractivity contribution is -0.167. The molecule has 0 fully saturated rings.